The van der Waals surface area contributed by atoms with Crippen LogP contribution in [0.1, 0.15) is 37.3 Å². The Labute approximate surface area is 108 Å². The van der Waals surface area contributed by atoms with Crippen LogP contribution in [-0.2, 0) is 6.42 Å². The van der Waals surface area contributed by atoms with E-state index in [-0.39, 0.29) is 0 Å². The summed E-state index contributed by atoms with van der Waals surface area (Å²) in [5, 5.41) is 1.26. The molecule has 0 aliphatic heterocycles. The zero-order valence-corrected chi connectivity index (χ0v) is 11.4. The van der Waals surface area contributed by atoms with Gasteiger partial charge in [0.05, 0.1) is 0 Å². The van der Waals surface area contributed by atoms with E-state index >= 15 is 0 Å². The van der Waals surface area contributed by atoms with Crippen molar-refractivity contribution in [3.63, 3.8) is 0 Å². The van der Waals surface area contributed by atoms with E-state index in [0.29, 0.717) is 10.8 Å². The Hall–Kier alpha value is -0.200. The molecule has 1 fully saturated rings. The predicted molar refractivity (Wildman–Crippen MR) is 71.5 cm³/mol. The Kier molecular flexibility index (Phi) is 3.51. The smallest absolute Gasteiger partial charge is 0.0440 e. The maximum Gasteiger partial charge on any atom is 0.0440 e. The fourth-order valence-corrected chi connectivity index (χ4v) is 3.44. The van der Waals surface area contributed by atoms with E-state index < -0.39 is 0 Å². The summed E-state index contributed by atoms with van der Waals surface area (Å²) < 4.78 is 0. The second-order valence-corrected chi connectivity index (χ2v) is 6.45. The minimum atomic E-state index is 0.339. The molecule has 0 aromatic heterocycles. The highest BCUT2D eigenvalue weighted by Crippen LogP contribution is 2.43. The Bertz CT molecular complexity index is 386. The summed E-state index contributed by atoms with van der Waals surface area (Å²) in [6, 6.07) is 6.34. The van der Waals surface area contributed by atoms with Gasteiger partial charge in [-0.05, 0) is 55.2 Å². The maximum atomic E-state index is 6.27. The van der Waals surface area contributed by atoms with Gasteiger partial charge in [-0.2, -0.15) is 0 Å². The lowest BCUT2D eigenvalue weighted by atomic mass is 9.82. The summed E-state index contributed by atoms with van der Waals surface area (Å²) >= 11 is 12.5. The van der Waals surface area contributed by atoms with Crippen molar-refractivity contribution >= 4 is 23.2 Å². The first kappa shape index (κ1) is 12.3. The molecule has 0 bridgehead atoms. The molecule has 1 saturated carbocycles. The van der Waals surface area contributed by atoms with Crippen molar-refractivity contribution in [3.8, 4) is 0 Å². The lowest BCUT2D eigenvalue weighted by molar-refractivity contribution is 0.335. The second kappa shape index (κ2) is 4.58. The number of aryl methyl sites for hydroxylation is 1. The zero-order chi connectivity index (χ0) is 11.8. The fourth-order valence-electron chi connectivity index (χ4n) is 2.66. The number of halogens is 2. The summed E-state index contributed by atoms with van der Waals surface area (Å²) in [6.45, 7) is 4.40. The van der Waals surface area contributed by atoms with Gasteiger partial charge in [-0.25, -0.2) is 0 Å². The third kappa shape index (κ3) is 2.73. The van der Waals surface area contributed by atoms with Crippen LogP contribution in [0.25, 0.3) is 0 Å². The molecule has 88 valence electrons. The minimum Gasteiger partial charge on any atom is -0.123 e. The largest absolute Gasteiger partial charge is 0.123 e. The van der Waals surface area contributed by atoms with Crippen LogP contribution in [0.4, 0.5) is 0 Å². The van der Waals surface area contributed by atoms with Gasteiger partial charge in [-0.1, -0.05) is 30.7 Å². The number of alkyl halides is 1. The molecule has 1 aliphatic rings. The average Bonchev–Trinajstić information content (AvgIpc) is 2.52. The van der Waals surface area contributed by atoms with E-state index in [4.69, 9.17) is 23.2 Å². The predicted octanol–water partition coefficient (Wildman–Crippen LogP) is 4.99. The third-order valence-corrected chi connectivity index (χ3v) is 4.33. The minimum absolute atomic E-state index is 0.339. The molecule has 0 nitrogen and oxygen atoms in total. The Morgan fingerprint density at radius 3 is 2.75 bits per heavy atom. The van der Waals surface area contributed by atoms with E-state index in [1.54, 1.807) is 0 Å². The number of hydrogen-bond acceptors (Lipinski definition) is 0. The van der Waals surface area contributed by atoms with E-state index in [1.807, 2.05) is 6.07 Å². The van der Waals surface area contributed by atoms with Crippen molar-refractivity contribution in [2.75, 3.05) is 0 Å². The second-order valence-electron chi connectivity index (χ2n) is 5.42. The van der Waals surface area contributed by atoms with Gasteiger partial charge >= 0.3 is 0 Å². The molecule has 0 amide bonds. The van der Waals surface area contributed by atoms with E-state index in [9.17, 15) is 0 Å². The third-order valence-electron chi connectivity index (χ3n) is 3.60. The first-order valence-electron chi connectivity index (χ1n) is 5.88. The van der Waals surface area contributed by atoms with Gasteiger partial charge in [-0.15, -0.1) is 11.6 Å². The Balaban J connectivity index is 2.14. The van der Waals surface area contributed by atoms with Crippen LogP contribution in [0.15, 0.2) is 18.2 Å². The number of hydrogen-bond donors (Lipinski definition) is 0. The van der Waals surface area contributed by atoms with Gasteiger partial charge in [-0.3, -0.25) is 0 Å². The van der Waals surface area contributed by atoms with Crippen molar-refractivity contribution in [1.82, 2.24) is 0 Å². The van der Waals surface area contributed by atoms with E-state index in [0.717, 1.165) is 24.3 Å². The van der Waals surface area contributed by atoms with Crippen molar-refractivity contribution in [1.29, 1.82) is 0 Å². The molecule has 1 aromatic rings. The summed E-state index contributed by atoms with van der Waals surface area (Å²) in [5.41, 5.74) is 2.83. The van der Waals surface area contributed by atoms with Crippen LogP contribution >= 0.6 is 23.2 Å². The Morgan fingerprint density at radius 1 is 1.44 bits per heavy atom. The SMILES string of the molecule is Cc1ccc(CC2(C)CCC(Cl)C2)c(Cl)c1. The van der Waals surface area contributed by atoms with Crippen LogP contribution in [0.5, 0.6) is 0 Å². The van der Waals surface area contributed by atoms with Crippen LogP contribution in [-0.4, -0.2) is 5.38 Å². The molecule has 16 heavy (non-hydrogen) atoms. The first-order chi connectivity index (χ1) is 7.48. The lowest BCUT2D eigenvalue weighted by Crippen LogP contribution is -2.16. The van der Waals surface area contributed by atoms with E-state index in [1.165, 1.54) is 17.5 Å². The molecule has 0 spiro atoms. The van der Waals surface area contributed by atoms with E-state index in [2.05, 4.69) is 26.0 Å². The molecule has 1 aromatic carbocycles. The van der Waals surface area contributed by atoms with Crippen molar-refractivity contribution in [2.45, 2.75) is 44.9 Å². The van der Waals surface area contributed by atoms with Crippen molar-refractivity contribution in [3.05, 3.63) is 34.3 Å². The molecule has 2 atom stereocenters. The molecular formula is C14H18Cl2. The average molecular weight is 257 g/mol. The van der Waals surface area contributed by atoms with Crippen molar-refractivity contribution < 1.29 is 0 Å². The summed E-state index contributed by atoms with van der Waals surface area (Å²) in [5.74, 6) is 0. The van der Waals surface area contributed by atoms with Crippen LogP contribution in [0.2, 0.25) is 5.02 Å². The molecule has 2 rings (SSSR count). The molecule has 0 N–H and O–H groups in total. The van der Waals surface area contributed by atoms with Gasteiger partial charge in [0.25, 0.3) is 0 Å². The first-order valence-corrected chi connectivity index (χ1v) is 6.69. The normalized spacial score (nSPS) is 29.6. The summed E-state index contributed by atoms with van der Waals surface area (Å²) in [4.78, 5) is 0. The monoisotopic (exact) mass is 256 g/mol. The van der Waals surface area contributed by atoms with Crippen molar-refractivity contribution in [2.24, 2.45) is 5.41 Å². The maximum absolute atomic E-state index is 6.27. The standard InChI is InChI=1S/C14H18Cl2/c1-10-3-4-11(13(16)7-10)8-14(2)6-5-12(15)9-14/h3-4,7,12H,5-6,8-9H2,1-2H3. The highest BCUT2D eigenvalue weighted by atomic mass is 35.5. The van der Waals surface area contributed by atoms with Gasteiger partial charge in [0, 0.05) is 10.4 Å². The highest BCUT2D eigenvalue weighted by Gasteiger charge is 2.34. The molecule has 0 radical (unpaired) electrons. The summed E-state index contributed by atoms with van der Waals surface area (Å²) in [6.07, 6.45) is 4.51. The lowest BCUT2D eigenvalue weighted by Gasteiger charge is -2.24. The number of benzene rings is 1. The molecule has 0 heterocycles. The van der Waals surface area contributed by atoms with Crippen LogP contribution in [0.3, 0.4) is 0 Å². The molecular weight excluding hydrogens is 239 g/mol. The number of rotatable bonds is 2. The molecule has 2 unspecified atom stereocenters. The highest BCUT2D eigenvalue weighted by molar-refractivity contribution is 6.31. The summed E-state index contributed by atoms with van der Waals surface area (Å²) in [7, 11) is 0. The van der Waals surface area contributed by atoms with Crippen LogP contribution < -0.4 is 0 Å². The topological polar surface area (TPSA) is 0 Å². The van der Waals surface area contributed by atoms with Gasteiger partial charge in [0.2, 0.25) is 0 Å². The van der Waals surface area contributed by atoms with Crippen LogP contribution in [0, 0.1) is 12.3 Å². The molecule has 2 heteroatoms. The van der Waals surface area contributed by atoms with Gasteiger partial charge < -0.3 is 0 Å². The molecule has 0 saturated heterocycles. The van der Waals surface area contributed by atoms with Gasteiger partial charge in [0.1, 0.15) is 0 Å². The van der Waals surface area contributed by atoms with Gasteiger partial charge in [0.15, 0.2) is 0 Å². The molecule has 1 aliphatic carbocycles. The quantitative estimate of drug-likeness (QED) is 0.655. The Morgan fingerprint density at radius 2 is 2.19 bits per heavy atom. The zero-order valence-electron chi connectivity index (χ0n) is 9.89. The fraction of sp³-hybridized carbons (Fsp3) is 0.571.